The van der Waals surface area contributed by atoms with Gasteiger partial charge < -0.3 is 9.64 Å². The number of ether oxygens (including phenoxy) is 1. The van der Waals surface area contributed by atoms with E-state index in [-0.39, 0.29) is 17.3 Å². The van der Waals surface area contributed by atoms with Crippen LogP contribution in [-0.2, 0) is 12.7 Å². The van der Waals surface area contributed by atoms with Gasteiger partial charge in [0.05, 0.1) is 18.0 Å². The van der Waals surface area contributed by atoms with Crippen LogP contribution < -0.4 is 9.64 Å². The average Bonchev–Trinajstić information content (AvgIpc) is 3.15. The molecule has 6 nitrogen and oxygen atoms in total. The Kier molecular flexibility index (Phi) is 6.16. The monoisotopic (exact) mass is 455 g/mol. The van der Waals surface area contributed by atoms with Gasteiger partial charge in [-0.15, -0.1) is 0 Å². The van der Waals surface area contributed by atoms with Gasteiger partial charge in [-0.05, 0) is 31.9 Å². The summed E-state index contributed by atoms with van der Waals surface area (Å²) in [5, 5.41) is 3.92. The number of hydrogen-bond acceptors (Lipinski definition) is 5. The van der Waals surface area contributed by atoms with Crippen LogP contribution in [0.1, 0.15) is 25.3 Å². The lowest BCUT2D eigenvalue weighted by Gasteiger charge is -2.36. The highest BCUT2D eigenvalue weighted by Crippen LogP contribution is 2.37. The molecule has 2 atom stereocenters. The Morgan fingerprint density at radius 2 is 1.97 bits per heavy atom. The van der Waals surface area contributed by atoms with Crippen molar-refractivity contribution in [3.8, 4) is 5.75 Å². The van der Waals surface area contributed by atoms with E-state index in [2.05, 4.69) is 15.1 Å². The molecule has 0 amide bonds. The van der Waals surface area contributed by atoms with E-state index in [9.17, 15) is 22.0 Å². The van der Waals surface area contributed by atoms with Gasteiger partial charge in [0.25, 0.3) is 6.43 Å². The summed E-state index contributed by atoms with van der Waals surface area (Å²) in [5.74, 6) is 0.274. The molecule has 2 aromatic heterocycles. The molecule has 1 aliphatic heterocycles. The zero-order valence-corrected chi connectivity index (χ0v) is 17.3. The van der Waals surface area contributed by atoms with Crippen LogP contribution in [0.25, 0.3) is 11.2 Å². The third-order valence-corrected chi connectivity index (χ3v) is 5.59. The van der Waals surface area contributed by atoms with Gasteiger partial charge in [0, 0.05) is 19.0 Å². The molecule has 1 aromatic carbocycles. The first-order valence-electron chi connectivity index (χ1n) is 10.3. The van der Waals surface area contributed by atoms with Gasteiger partial charge in [-0.1, -0.05) is 12.1 Å². The summed E-state index contributed by atoms with van der Waals surface area (Å²) in [6.45, 7) is 2.35. The van der Waals surface area contributed by atoms with Crippen molar-refractivity contribution >= 4 is 17.0 Å². The van der Waals surface area contributed by atoms with Crippen molar-refractivity contribution in [2.24, 2.45) is 5.92 Å². The minimum atomic E-state index is -4.50. The number of aromatic nitrogens is 4. The Labute approximate surface area is 181 Å². The molecule has 0 bridgehead atoms. The topological polar surface area (TPSA) is 56.1 Å². The summed E-state index contributed by atoms with van der Waals surface area (Å²) in [4.78, 5) is 10.7. The maximum Gasteiger partial charge on any atom is 0.419 e. The molecule has 0 aliphatic carbocycles. The van der Waals surface area contributed by atoms with E-state index in [1.807, 2.05) is 4.90 Å². The Morgan fingerprint density at radius 1 is 1.19 bits per heavy atom. The summed E-state index contributed by atoms with van der Waals surface area (Å²) >= 11 is 0. The summed E-state index contributed by atoms with van der Waals surface area (Å²) in [5.41, 5.74) is -0.111. The number of anilines is 1. The third kappa shape index (κ3) is 4.76. The summed E-state index contributed by atoms with van der Waals surface area (Å²) in [7, 11) is 0. The number of para-hydroxylation sites is 1. The Hall–Kier alpha value is -2.98. The van der Waals surface area contributed by atoms with Crippen LogP contribution in [-0.4, -0.2) is 45.4 Å². The quantitative estimate of drug-likeness (QED) is 0.500. The van der Waals surface area contributed by atoms with Gasteiger partial charge in [0.2, 0.25) is 0 Å². The minimum absolute atomic E-state index is 0.0477. The fourth-order valence-electron chi connectivity index (χ4n) is 3.96. The molecule has 1 saturated heterocycles. The van der Waals surface area contributed by atoms with Crippen LogP contribution in [0.3, 0.4) is 0 Å². The molecule has 1 fully saturated rings. The molecule has 0 saturated carbocycles. The van der Waals surface area contributed by atoms with E-state index < -0.39 is 30.8 Å². The molecular formula is C21H22F5N5O. The number of nitrogens with zero attached hydrogens (tertiary/aromatic N) is 5. The number of rotatable bonds is 6. The molecule has 3 aromatic rings. The van der Waals surface area contributed by atoms with Gasteiger partial charge in [0.1, 0.15) is 29.7 Å². The van der Waals surface area contributed by atoms with Crippen molar-refractivity contribution in [3.05, 3.63) is 42.2 Å². The zero-order valence-electron chi connectivity index (χ0n) is 17.3. The molecule has 32 heavy (non-hydrogen) atoms. The van der Waals surface area contributed by atoms with Crippen molar-refractivity contribution in [2.75, 3.05) is 18.0 Å². The highest BCUT2D eigenvalue weighted by atomic mass is 19.4. The third-order valence-electron chi connectivity index (χ3n) is 5.59. The largest absolute Gasteiger partial charge is 0.490 e. The average molecular weight is 455 g/mol. The van der Waals surface area contributed by atoms with E-state index in [0.29, 0.717) is 24.4 Å². The molecular weight excluding hydrogens is 433 g/mol. The standard InChI is InChI=1S/C21H22F5N5O/c1-13(32-17-7-3-2-6-15(17)21(24,25)26)14-5-4-8-30(11-14)19-10-27-16-9-28-31(12-18(22)23)20(16)29-19/h2-3,6-7,9-10,13-14,18H,4-5,8,11-12H2,1H3. The lowest BCUT2D eigenvalue weighted by Crippen LogP contribution is -2.41. The fourth-order valence-corrected chi connectivity index (χ4v) is 3.96. The van der Waals surface area contributed by atoms with Crippen molar-refractivity contribution < 1.29 is 26.7 Å². The van der Waals surface area contributed by atoms with Gasteiger partial charge in [-0.2, -0.15) is 18.3 Å². The first-order chi connectivity index (χ1) is 15.2. The van der Waals surface area contributed by atoms with Crippen molar-refractivity contribution in [1.29, 1.82) is 0 Å². The molecule has 0 radical (unpaired) electrons. The van der Waals surface area contributed by atoms with E-state index in [1.165, 1.54) is 24.4 Å². The maximum absolute atomic E-state index is 13.3. The predicted octanol–water partition coefficient (Wildman–Crippen LogP) is 4.79. The van der Waals surface area contributed by atoms with E-state index in [4.69, 9.17) is 4.74 Å². The van der Waals surface area contributed by atoms with Crippen LogP contribution >= 0.6 is 0 Å². The van der Waals surface area contributed by atoms with Crippen molar-refractivity contribution in [1.82, 2.24) is 19.7 Å². The SMILES string of the molecule is CC(Oc1ccccc1C(F)(F)F)C1CCCN(c2cnc3cnn(CC(F)F)c3n2)C1. The highest BCUT2D eigenvalue weighted by Gasteiger charge is 2.35. The second kappa shape index (κ2) is 8.87. The summed E-state index contributed by atoms with van der Waals surface area (Å²) < 4.78 is 72.3. The van der Waals surface area contributed by atoms with E-state index in [1.54, 1.807) is 13.1 Å². The normalized spacial score (nSPS) is 18.3. The van der Waals surface area contributed by atoms with Crippen LogP contribution in [0.5, 0.6) is 5.75 Å². The van der Waals surface area contributed by atoms with Gasteiger partial charge in [-0.3, -0.25) is 0 Å². The number of halogens is 5. The number of hydrogen-bond donors (Lipinski definition) is 0. The van der Waals surface area contributed by atoms with Crippen LogP contribution in [0.4, 0.5) is 27.8 Å². The molecule has 172 valence electrons. The smallest absolute Gasteiger partial charge is 0.419 e. The number of alkyl halides is 5. The Bertz CT molecular complexity index is 1070. The first kappa shape index (κ1) is 22.2. The Balaban J connectivity index is 1.50. The van der Waals surface area contributed by atoms with Crippen molar-refractivity contribution in [2.45, 2.75) is 45.0 Å². The minimum Gasteiger partial charge on any atom is -0.490 e. The molecule has 4 rings (SSSR count). The van der Waals surface area contributed by atoms with Crippen LogP contribution in [0.15, 0.2) is 36.7 Å². The van der Waals surface area contributed by atoms with E-state index in [0.717, 1.165) is 23.6 Å². The number of fused-ring (bicyclic) bond motifs is 1. The van der Waals surface area contributed by atoms with Gasteiger partial charge >= 0.3 is 6.18 Å². The predicted molar refractivity (Wildman–Crippen MR) is 108 cm³/mol. The van der Waals surface area contributed by atoms with Crippen LogP contribution in [0, 0.1) is 5.92 Å². The first-order valence-corrected chi connectivity index (χ1v) is 10.3. The number of piperidine rings is 1. The summed E-state index contributed by atoms with van der Waals surface area (Å²) in [6, 6.07) is 5.17. The molecule has 11 heteroatoms. The van der Waals surface area contributed by atoms with Crippen LogP contribution in [0.2, 0.25) is 0 Å². The zero-order chi connectivity index (χ0) is 22.9. The number of benzene rings is 1. The maximum atomic E-state index is 13.3. The van der Waals surface area contributed by atoms with Gasteiger partial charge in [-0.25, -0.2) is 23.4 Å². The lowest BCUT2D eigenvalue weighted by molar-refractivity contribution is -0.139. The second-order valence-corrected chi connectivity index (χ2v) is 7.82. The Morgan fingerprint density at radius 3 is 2.72 bits per heavy atom. The summed E-state index contributed by atoms with van der Waals surface area (Å²) in [6.07, 6.45) is -3.02. The molecule has 3 heterocycles. The second-order valence-electron chi connectivity index (χ2n) is 7.82. The van der Waals surface area contributed by atoms with E-state index >= 15 is 0 Å². The lowest BCUT2D eigenvalue weighted by atomic mass is 9.93. The molecule has 0 spiro atoms. The molecule has 0 N–H and O–H groups in total. The van der Waals surface area contributed by atoms with Gasteiger partial charge in [0.15, 0.2) is 5.65 Å². The molecule has 2 unspecified atom stereocenters. The van der Waals surface area contributed by atoms with Crippen molar-refractivity contribution in [3.63, 3.8) is 0 Å². The molecule has 1 aliphatic rings. The fraction of sp³-hybridized carbons (Fsp3) is 0.476. The highest BCUT2D eigenvalue weighted by molar-refractivity contribution is 5.71.